The zero-order valence-electron chi connectivity index (χ0n) is 8.46. The van der Waals surface area contributed by atoms with E-state index in [4.69, 9.17) is 0 Å². The van der Waals surface area contributed by atoms with Crippen LogP contribution in [0.5, 0.6) is 0 Å². The number of para-hydroxylation sites is 1. The van der Waals surface area contributed by atoms with E-state index in [1.165, 1.54) is 11.3 Å². The fraction of sp³-hybridized carbons (Fsp3) is 0.333. The van der Waals surface area contributed by atoms with Crippen molar-refractivity contribution in [1.82, 2.24) is 5.32 Å². The molecule has 1 heterocycles. The third-order valence-corrected chi connectivity index (χ3v) is 2.63. The van der Waals surface area contributed by atoms with E-state index >= 15 is 0 Å². The van der Waals surface area contributed by atoms with E-state index in [0.717, 1.165) is 13.0 Å². The number of benzene rings is 1. The molecule has 2 nitrogen and oxygen atoms in total. The zero-order chi connectivity index (χ0) is 9.80. The van der Waals surface area contributed by atoms with E-state index in [9.17, 15) is 0 Å². The Hall–Kier alpha value is -1.28. The Bertz CT molecular complexity index is 331. The fourth-order valence-corrected chi connectivity index (χ4v) is 1.86. The highest BCUT2D eigenvalue weighted by atomic mass is 14.9. The average Bonchev–Trinajstić information content (AvgIpc) is 2.26. The summed E-state index contributed by atoms with van der Waals surface area (Å²) in [5.74, 6) is 0.555. The first kappa shape index (κ1) is 9.28. The van der Waals surface area contributed by atoms with Crippen LogP contribution in [0.3, 0.4) is 0 Å². The van der Waals surface area contributed by atoms with Crippen LogP contribution in [0.15, 0.2) is 36.5 Å². The molecule has 1 unspecified atom stereocenters. The van der Waals surface area contributed by atoms with Crippen molar-refractivity contribution in [1.29, 1.82) is 0 Å². The largest absolute Gasteiger partial charge is 0.362 e. The predicted molar refractivity (Wildman–Crippen MR) is 60.5 cm³/mol. The van der Waals surface area contributed by atoms with Crippen LogP contribution in [0.2, 0.25) is 0 Å². The molecule has 1 aliphatic heterocycles. The van der Waals surface area contributed by atoms with Gasteiger partial charge in [-0.2, -0.15) is 0 Å². The topological polar surface area (TPSA) is 24.1 Å². The lowest BCUT2D eigenvalue weighted by Gasteiger charge is -2.21. The second-order valence-corrected chi connectivity index (χ2v) is 3.59. The monoisotopic (exact) mass is 188 g/mol. The third kappa shape index (κ3) is 1.80. The van der Waals surface area contributed by atoms with Crippen molar-refractivity contribution in [3.05, 3.63) is 42.1 Å². The van der Waals surface area contributed by atoms with Crippen LogP contribution in [-0.2, 0) is 0 Å². The zero-order valence-corrected chi connectivity index (χ0v) is 8.46. The van der Waals surface area contributed by atoms with E-state index in [-0.39, 0.29) is 0 Å². The van der Waals surface area contributed by atoms with Crippen molar-refractivity contribution in [2.75, 3.05) is 18.9 Å². The molecule has 1 aromatic carbocycles. The molecule has 14 heavy (non-hydrogen) atoms. The highest BCUT2D eigenvalue weighted by molar-refractivity contribution is 5.58. The molecular weight excluding hydrogens is 172 g/mol. The number of hydrogen-bond donors (Lipinski definition) is 2. The lowest BCUT2D eigenvalue weighted by molar-refractivity contribution is 0.672. The third-order valence-electron chi connectivity index (χ3n) is 2.63. The van der Waals surface area contributed by atoms with Crippen LogP contribution in [0.4, 0.5) is 5.69 Å². The molecule has 1 aliphatic rings. The SMILES string of the molecule is CNCCC1C=CNc2ccccc21. The summed E-state index contributed by atoms with van der Waals surface area (Å²) < 4.78 is 0. The minimum Gasteiger partial charge on any atom is -0.362 e. The predicted octanol–water partition coefficient (Wildman–Crippen LogP) is 2.32. The summed E-state index contributed by atoms with van der Waals surface area (Å²) in [6.07, 6.45) is 5.44. The van der Waals surface area contributed by atoms with Gasteiger partial charge in [-0.25, -0.2) is 0 Å². The van der Waals surface area contributed by atoms with Gasteiger partial charge < -0.3 is 10.6 Å². The van der Waals surface area contributed by atoms with E-state index in [0.29, 0.717) is 5.92 Å². The van der Waals surface area contributed by atoms with Gasteiger partial charge in [0.15, 0.2) is 0 Å². The summed E-state index contributed by atoms with van der Waals surface area (Å²) in [6.45, 7) is 1.06. The Labute approximate surface area is 85.0 Å². The first-order valence-electron chi connectivity index (χ1n) is 5.08. The van der Waals surface area contributed by atoms with Crippen LogP contribution in [0, 0.1) is 0 Å². The van der Waals surface area contributed by atoms with Gasteiger partial charge in [-0.1, -0.05) is 24.3 Å². The summed E-state index contributed by atoms with van der Waals surface area (Å²) in [5, 5.41) is 6.46. The summed E-state index contributed by atoms with van der Waals surface area (Å²) in [5.41, 5.74) is 2.65. The average molecular weight is 188 g/mol. The maximum atomic E-state index is 3.27. The number of fused-ring (bicyclic) bond motifs is 1. The molecule has 0 spiro atoms. The number of rotatable bonds is 3. The quantitative estimate of drug-likeness (QED) is 0.760. The fourth-order valence-electron chi connectivity index (χ4n) is 1.86. The molecule has 0 saturated carbocycles. The first-order chi connectivity index (χ1) is 6.92. The van der Waals surface area contributed by atoms with Crippen molar-refractivity contribution in [3.63, 3.8) is 0 Å². The van der Waals surface area contributed by atoms with Gasteiger partial charge in [0.25, 0.3) is 0 Å². The van der Waals surface area contributed by atoms with Crippen LogP contribution in [0.25, 0.3) is 0 Å². The van der Waals surface area contributed by atoms with Crippen LogP contribution in [-0.4, -0.2) is 13.6 Å². The summed E-state index contributed by atoms with van der Waals surface area (Å²) >= 11 is 0. The lowest BCUT2D eigenvalue weighted by Crippen LogP contribution is -2.14. The molecule has 2 rings (SSSR count). The van der Waals surface area contributed by atoms with Gasteiger partial charge in [0.2, 0.25) is 0 Å². The maximum Gasteiger partial charge on any atom is 0.0418 e. The second kappa shape index (κ2) is 4.29. The Kier molecular flexibility index (Phi) is 2.84. The molecule has 74 valence electrons. The standard InChI is InChI=1S/C12H16N2/c1-13-8-6-10-7-9-14-12-5-3-2-4-11(10)12/h2-5,7,9-10,13-14H,6,8H2,1H3. The second-order valence-electron chi connectivity index (χ2n) is 3.59. The number of nitrogens with one attached hydrogen (secondary N) is 2. The van der Waals surface area contributed by atoms with Crippen LogP contribution < -0.4 is 10.6 Å². The Morgan fingerprint density at radius 1 is 1.36 bits per heavy atom. The maximum absolute atomic E-state index is 3.27. The van der Waals surface area contributed by atoms with Crippen molar-refractivity contribution in [2.24, 2.45) is 0 Å². The number of anilines is 1. The van der Waals surface area contributed by atoms with Gasteiger partial charge in [-0.05, 0) is 37.8 Å². The van der Waals surface area contributed by atoms with E-state index in [1.54, 1.807) is 0 Å². The molecule has 0 saturated heterocycles. The first-order valence-corrected chi connectivity index (χ1v) is 5.08. The molecule has 1 atom stereocenters. The molecule has 0 aliphatic carbocycles. The molecule has 0 fully saturated rings. The Morgan fingerprint density at radius 2 is 2.21 bits per heavy atom. The molecule has 0 radical (unpaired) electrons. The van der Waals surface area contributed by atoms with Crippen molar-refractivity contribution >= 4 is 5.69 Å². The smallest absolute Gasteiger partial charge is 0.0418 e. The van der Waals surface area contributed by atoms with E-state index in [2.05, 4.69) is 41.0 Å². The van der Waals surface area contributed by atoms with Crippen LogP contribution in [0.1, 0.15) is 17.9 Å². The Balaban J connectivity index is 2.18. The normalized spacial score (nSPS) is 18.8. The van der Waals surface area contributed by atoms with Crippen molar-refractivity contribution in [3.8, 4) is 0 Å². The molecule has 2 N–H and O–H groups in total. The van der Waals surface area contributed by atoms with Gasteiger partial charge >= 0.3 is 0 Å². The number of hydrogen-bond acceptors (Lipinski definition) is 2. The van der Waals surface area contributed by atoms with Crippen molar-refractivity contribution in [2.45, 2.75) is 12.3 Å². The molecule has 1 aromatic rings. The van der Waals surface area contributed by atoms with Gasteiger partial charge in [0.1, 0.15) is 0 Å². The summed E-state index contributed by atoms with van der Waals surface area (Å²) in [4.78, 5) is 0. The van der Waals surface area contributed by atoms with Gasteiger partial charge in [-0.3, -0.25) is 0 Å². The molecule has 0 amide bonds. The highest BCUT2D eigenvalue weighted by Gasteiger charge is 2.14. The Morgan fingerprint density at radius 3 is 3.07 bits per heavy atom. The van der Waals surface area contributed by atoms with Gasteiger partial charge in [-0.15, -0.1) is 0 Å². The van der Waals surface area contributed by atoms with E-state index < -0.39 is 0 Å². The van der Waals surface area contributed by atoms with Gasteiger partial charge in [0.05, 0.1) is 0 Å². The number of allylic oxidation sites excluding steroid dienone is 1. The molecular formula is C12H16N2. The van der Waals surface area contributed by atoms with Crippen molar-refractivity contribution < 1.29 is 0 Å². The van der Waals surface area contributed by atoms with E-state index in [1.807, 2.05) is 13.2 Å². The molecule has 0 bridgehead atoms. The van der Waals surface area contributed by atoms with Gasteiger partial charge in [0, 0.05) is 11.6 Å². The lowest BCUT2D eigenvalue weighted by atomic mass is 9.92. The summed E-state index contributed by atoms with van der Waals surface area (Å²) in [7, 11) is 2.00. The highest BCUT2D eigenvalue weighted by Crippen LogP contribution is 2.31. The minimum atomic E-state index is 0.555. The minimum absolute atomic E-state index is 0.555. The molecule has 0 aromatic heterocycles. The van der Waals surface area contributed by atoms with Crippen LogP contribution >= 0.6 is 0 Å². The molecule has 2 heteroatoms. The summed E-state index contributed by atoms with van der Waals surface area (Å²) in [6, 6.07) is 8.50.